The molecule has 1 aromatic carbocycles. The lowest BCUT2D eigenvalue weighted by molar-refractivity contribution is 0.103. The highest BCUT2D eigenvalue weighted by atomic mass is 79.9. The number of halogens is 2. The third-order valence-electron chi connectivity index (χ3n) is 1.92. The van der Waals surface area contributed by atoms with E-state index in [1.807, 2.05) is 0 Å². The molecule has 0 fully saturated rings. The topological polar surface area (TPSA) is 17.1 Å². The molecule has 2 rings (SSSR count). The van der Waals surface area contributed by atoms with E-state index in [1.54, 1.807) is 24.3 Å². The van der Waals surface area contributed by atoms with Crippen LogP contribution in [0.2, 0.25) is 0 Å². The summed E-state index contributed by atoms with van der Waals surface area (Å²) in [6, 6.07) is 9.46. The number of ketones is 1. The number of rotatable bonds is 2. The lowest BCUT2D eigenvalue weighted by Gasteiger charge is -1.98. The molecule has 1 heterocycles. The molecule has 0 aliphatic carbocycles. The molecule has 76 valence electrons. The second-order valence-corrected chi connectivity index (χ2v) is 5.38. The van der Waals surface area contributed by atoms with Gasteiger partial charge in [0.15, 0.2) is 0 Å². The van der Waals surface area contributed by atoms with Crippen molar-refractivity contribution >= 4 is 33.0 Å². The number of carbonyl (C=O) groups excluding carboxylic acids is 1. The van der Waals surface area contributed by atoms with Crippen molar-refractivity contribution in [3.05, 3.63) is 56.4 Å². The van der Waals surface area contributed by atoms with E-state index < -0.39 is 5.82 Å². The highest BCUT2D eigenvalue weighted by Gasteiger charge is 2.14. The van der Waals surface area contributed by atoms with Crippen LogP contribution in [-0.2, 0) is 0 Å². The molecular weight excluding hydrogens is 279 g/mol. The normalized spacial score (nSPS) is 10.3. The number of benzene rings is 1. The van der Waals surface area contributed by atoms with Crippen LogP contribution in [0.4, 0.5) is 4.39 Å². The number of hydrogen-bond donors (Lipinski definition) is 0. The maximum absolute atomic E-state index is 13.3. The smallest absolute Gasteiger partial charge is 0.205 e. The summed E-state index contributed by atoms with van der Waals surface area (Å²) in [5.74, 6) is -0.754. The molecule has 4 heteroatoms. The van der Waals surface area contributed by atoms with Crippen molar-refractivity contribution in [2.45, 2.75) is 0 Å². The molecule has 0 radical (unpaired) electrons. The Hall–Kier alpha value is -1.00. The molecule has 2 aromatic rings. The molecule has 0 atom stereocenters. The standard InChI is InChI=1S/C11H6BrFOS/c12-10-6-5-9(15-10)11(14)7-3-1-2-4-8(7)13/h1-6H. The predicted molar refractivity (Wildman–Crippen MR) is 61.9 cm³/mol. The fourth-order valence-electron chi connectivity index (χ4n) is 1.21. The number of carbonyl (C=O) groups is 1. The minimum Gasteiger partial charge on any atom is -0.288 e. The van der Waals surface area contributed by atoms with Gasteiger partial charge in [0.1, 0.15) is 5.82 Å². The zero-order chi connectivity index (χ0) is 10.8. The summed E-state index contributed by atoms with van der Waals surface area (Å²) < 4.78 is 14.2. The van der Waals surface area contributed by atoms with Crippen LogP contribution in [0.15, 0.2) is 40.2 Å². The van der Waals surface area contributed by atoms with Crippen LogP contribution in [0, 0.1) is 5.82 Å². The molecule has 0 saturated heterocycles. The van der Waals surface area contributed by atoms with Gasteiger partial charge in [-0.05, 0) is 40.2 Å². The maximum atomic E-state index is 13.3. The molecule has 1 nitrogen and oxygen atoms in total. The lowest BCUT2D eigenvalue weighted by Crippen LogP contribution is -2.01. The van der Waals surface area contributed by atoms with Crippen LogP contribution < -0.4 is 0 Å². The molecule has 0 amide bonds. The van der Waals surface area contributed by atoms with Gasteiger partial charge in [-0.3, -0.25) is 4.79 Å². The van der Waals surface area contributed by atoms with Gasteiger partial charge >= 0.3 is 0 Å². The van der Waals surface area contributed by atoms with Gasteiger partial charge < -0.3 is 0 Å². The first-order chi connectivity index (χ1) is 7.18. The van der Waals surface area contributed by atoms with Crippen LogP contribution in [0.1, 0.15) is 15.2 Å². The quantitative estimate of drug-likeness (QED) is 0.765. The second kappa shape index (κ2) is 4.24. The van der Waals surface area contributed by atoms with Crippen molar-refractivity contribution in [2.24, 2.45) is 0 Å². The maximum Gasteiger partial charge on any atom is 0.205 e. The summed E-state index contributed by atoms with van der Waals surface area (Å²) >= 11 is 4.56. The summed E-state index contributed by atoms with van der Waals surface area (Å²) in [7, 11) is 0. The molecule has 0 N–H and O–H groups in total. The van der Waals surface area contributed by atoms with E-state index in [-0.39, 0.29) is 11.3 Å². The van der Waals surface area contributed by atoms with E-state index in [0.717, 1.165) is 3.79 Å². The second-order valence-electron chi connectivity index (χ2n) is 2.91. The molecule has 1 aromatic heterocycles. The van der Waals surface area contributed by atoms with E-state index in [9.17, 15) is 9.18 Å². The summed E-state index contributed by atoms with van der Waals surface area (Å²) in [4.78, 5) is 12.4. The fourth-order valence-corrected chi connectivity index (χ4v) is 2.55. The number of hydrogen-bond acceptors (Lipinski definition) is 2. The van der Waals surface area contributed by atoms with Crippen LogP contribution in [0.25, 0.3) is 0 Å². The summed E-state index contributed by atoms with van der Waals surface area (Å²) in [6.45, 7) is 0. The van der Waals surface area contributed by atoms with Crippen molar-refractivity contribution < 1.29 is 9.18 Å². The lowest BCUT2D eigenvalue weighted by atomic mass is 10.1. The molecular formula is C11H6BrFOS. The molecule has 0 spiro atoms. The van der Waals surface area contributed by atoms with Crippen LogP contribution in [0.5, 0.6) is 0 Å². The van der Waals surface area contributed by atoms with Crippen molar-refractivity contribution in [3.8, 4) is 0 Å². The Morgan fingerprint density at radius 1 is 1.20 bits per heavy atom. The van der Waals surface area contributed by atoms with Crippen molar-refractivity contribution in [2.75, 3.05) is 0 Å². The van der Waals surface area contributed by atoms with Gasteiger partial charge in [0.25, 0.3) is 0 Å². The Bertz CT molecular complexity index is 507. The van der Waals surface area contributed by atoms with E-state index in [2.05, 4.69) is 15.9 Å². The average Bonchev–Trinajstić information content (AvgIpc) is 2.65. The summed E-state index contributed by atoms with van der Waals surface area (Å²) in [5.41, 5.74) is 0.117. The monoisotopic (exact) mass is 284 g/mol. The Morgan fingerprint density at radius 2 is 1.93 bits per heavy atom. The fraction of sp³-hybridized carbons (Fsp3) is 0. The van der Waals surface area contributed by atoms with Gasteiger partial charge in [0.05, 0.1) is 14.2 Å². The van der Waals surface area contributed by atoms with E-state index in [1.165, 1.54) is 23.5 Å². The summed E-state index contributed by atoms with van der Waals surface area (Å²) in [5, 5.41) is 0. The predicted octanol–water partition coefficient (Wildman–Crippen LogP) is 3.88. The third-order valence-corrected chi connectivity index (χ3v) is 3.54. The van der Waals surface area contributed by atoms with Gasteiger partial charge in [0, 0.05) is 0 Å². The third kappa shape index (κ3) is 2.16. The zero-order valence-corrected chi connectivity index (χ0v) is 9.94. The minimum atomic E-state index is -0.480. The molecule has 15 heavy (non-hydrogen) atoms. The van der Waals surface area contributed by atoms with Crippen LogP contribution in [0.3, 0.4) is 0 Å². The molecule has 0 unspecified atom stereocenters. The first-order valence-corrected chi connectivity index (χ1v) is 5.84. The molecule has 0 bridgehead atoms. The summed E-state index contributed by atoms with van der Waals surface area (Å²) in [6.07, 6.45) is 0. The van der Waals surface area contributed by atoms with Crippen molar-refractivity contribution in [1.82, 2.24) is 0 Å². The van der Waals surface area contributed by atoms with Gasteiger partial charge in [-0.25, -0.2) is 4.39 Å². The van der Waals surface area contributed by atoms with Gasteiger partial charge in [-0.15, -0.1) is 11.3 Å². The first kappa shape index (κ1) is 10.5. The van der Waals surface area contributed by atoms with E-state index in [4.69, 9.17) is 0 Å². The van der Waals surface area contributed by atoms with Crippen molar-refractivity contribution in [1.29, 1.82) is 0 Å². The molecule has 0 aliphatic rings. The van der Waals surface area contributed by atoms with E-state index >= 15 is 0 Å². The Morgan fingerprint density at radius 3 is 2.53 bits per heavy atom. The average molecular weight is 285 g/mol. The largest absolute Gasteiger partial charge is 0.288 e. The van der Waals surface area contributed by atoms with Crippen LogP contribution in [-0.4, -0.2) is 5.78 Å². The SMILES string of the molecule is O=C(c1ccc(Br)s1)c1ccccc1F. The Labute approximate surface area is 98.7 Å². The zero-order valence-electron chi connectivity index (χ0n) is 7.54. The van der Waals surface area contributed by atoms with E-state index in [0.29, 0.717) is 4.88 Å². The highest BCUT2D eigenvalue weighted by molar-refractivity contribution is 9.11. The van der Waals surface area contributed by atoms with Gasteiger partial charge in [0.2, 0.25) is 5.78 Å². The Balaban J connectivity index is 2.41. The van der Waals surface area contributed by atoms with Gasteiger partial charge in [-0.1, -0.05) is 12.1 Å². The van der Waals surface area contributed by atoms with Crippen LogP contribution >= 0.6 is 27.3 Å². The Kier molecular flexibility index (Phi) is 2.98. The minimum absolute atomic E-state index is 0.117. The van der Waals surface area contributed by atoms with Gasteiger partial charge in [-0.2, -0.15) is 0 Å². The highest BCUT2D eigenvalue weighted by Crippen LogP contribution is 2.25. The number of thiophene rings is 1. The molecule has 0 saturated carbocycles. The van der Waals surface area contributed by atoms with Crippen molar-refractivity contribution in [3.63, 3.8) is 0 Å². The molecule has 0 aliphatic heterocycles. The first-order valence-electron chi connectivity index (χ1n) is 4.23.